The van der Waals surface area contributed by atoms with Gasteiger partial charge in [-0.3, -0.25) is 0 Å². The van der Waals surface area contributed by atoms with E-state index in [-0.39, 0.29) is 6.10 Å². The van der Waals surface area contributed by atoms with Crippen LogP contribution in [0.4, 0.5) is 4.79 Å². The molecule has 0 aliphatic carbocycles. The molecule has 0 bridgehead atoms. The van der Waals surface area contributed by atoms with E-state index in [1.807, 2.05) is 27.7 Å². The number of ether oxygens (including phenoxy) is 2. The number of rotatable bonds is 3. The van der Waals surface area contributed by atoms with Gasteiger partial charge in [-0.2, -0.15) is 0 Å². The first-order valence-corrected chi connectivity index (χ1v) is 4.35. The molecule has 1 unspecified atom stereocenters. The maximum atomic E-state index is 11.1. The fraction of sp³-hybridized carbons (Fsp3) is 0.889. The molecular weight excluding hydrogens is 170 g/mol. The molecule has 1 amide bonds. The van der Waals surface area contributed by atoms with E-state index in [0.29, 0.717) is 6.54 Å². The number of amides is 1. The van der Waals surface area contributed by atoms with Crippen LogP contribution in [0.1, 0.15) is 27.7 Å². The van der Waals surface area contributed by atoms with Crippen LogP contribution in [-0.4, -0.2) is 31.5 Å². The van der Waals surface area contributed by atoms with Crippen molar-refractivity contribution < 1.29 is 14.3 Å². The van der Waals surface area contributed by atoms with E-state index in [0.717, 1.165) is 0 Å². The summed E-state index contributed by atoms with van der Waals surface area (Å²) in [5.74, 6) is 0. The maximum Gasteiger partial charge on any atom is 0.407 e. The van der Waals surface area contributed by atoms with Crippen molar-refractivity contribution in [3.05, 3.63) is 0 Å². The first-order valence-electron chi connectivity index (χ1n) is 4.35. The van der Waals surface area contributed by atoms with Gasteiger partial charge in [0.25, 0.3) is 0 Å². The first kappa shape index (κ1) is 12.2. The van der Waals surface area contributed by atoms with Crippen molar-refractivity contribution in [2.24, 2.45) is 0 Å². The molecule has 4 nitrogen and oxygen atoms in total. The lowest BCUT2D eigenvalue weighted by Crippen LogP contribution is -2.36. The van der Waals surface area contributed by atoms with Gasteiger partial charge in [0, 0.05) is 13.7 Å². The topological polar surface area (TPSA) is 47.6 Å². The van der Waals surface area contributed by atoms with Gasteiger partial charge < -0.3 is 14.8 Å². The SMILES string of the molecule is COC(C)CNC(=O)OC(C)(C)C. The predicted molar refractivity (Wildman–Crippen MR) is 50.7 cm³/mol. The highest BCUT2D eigenvalue weighted by Gasteiger charge is 2.15. The fourth-order valence-electron chi connectivity index (χ4n) is 0.625. The first-order chi connectivity index (χ1) is 5.85. The molecule has 0 saturated heterocycles. The predicted octanol–water partition coefficient (Wildman–Crippen LogP) is 1.55. The Balaban J connectivity index is 3.64. The molecule has 0 heterocycles. The van der Waals surface area contributed by atoms with Crippen LogP contribution in [-0.2, 0) is 9.47 Å². The van der Waals surface area contributed by atoms with Crippen LogP contribution < -0.4 is 5.32 Å². The summed E-state index contributed by atoms with van der Waals surface area (Å²) in [5, 5.41) is 2.60. The molecule has 0 aromatic carbocycles. The standard InChI is InChI=1S/C9H19NO3/c1-7(12-5)6-10-8(11)13-9(2,3)4/h7H,6H2,1-5H3,(H,10,11). The van der Waals surface area contributed by atoms with Gasteiger partial charge in [-0.15, -0.1) is 0 Å². The Labute approximate surface area is 79.6 Å². The molecule has 1 atom stereocenters. The number of alkyl carbamates (subject to hydrolysis) is 1. The Bertz CT molecular complexity index is 163. The monoisotopic (exact) mass is 189 g/mol. The van der Waals surface area contributed by atoms with Crippen molar-refractivity contribution >= 4 is 6.09 Å². The van der Waals surface area contributed by atoms with Crippen LogP contribution in [0.25, 0.3) is 0 Å². The number of hydrogen-bond donors (Lipinski definition) is 1. The van der Waals surface area contributed by atoms with E-state index in [1.54, 1.807) is 7.11 Å². The summed E-state index contributed by atoms with van der Waals surface area (Å²) in [4.78, 5) is 11.1. The summed E-state index contributed by atoms with van der Waals surface area (Å²) >= 11 is 0. The Morgan fingerprint density at radius 1 is 1.46 bits per heavy atom. The summed E-state index contributed by atoms with van der Waals surface area (Å²) in [5.41, 5.74) is -0.444. The van der Waals surface area contributed by atoms with Crippen LogP contribution in [0.5, 0.6) is 0 Å². The quantitative estimate of drug-likeness (QED) is 0.732. The van der Waals surface area contributed by atoms with Crippen LogP contribution in [0.3, 0.4) is 0 Å². The van der Waals surface area contributed by atoms with Gasteiger partial charge >= 0.3 is 6.09 Å². The zero-order chi connectivity index (χ0) is 10.5. The van der Waals surface area contributed by atoms with E-state index in [1.165, 1.54) is 0 Å². The van der Waals surface area contributed by atoms with E-state index in [4.69, 9.17) is 9.47 Å². The molecular formula is C9H19NO3. The number of methoxy groups -OCH3 is 1. The van der Waals surface area contributed by atoms with Crippen LogP contribution in [0, 0.1) is 0 Å². The lowest BCUT2D eigenvalue weighted by Gasteiger charge is -2.20. The Morgan fingerprint density at radius 3 is 2.38 bits per heavy atom. The highest BCUT2D eigenvalue weighted by Crippen LogP contribution is 2.06. The zero-order valence-electron chi connectivity index (χ0n) is 9.01. The molecule has 0 aliphatic heterocycles. The number of carbonyl (C=O) groups is 1. The van der Waals surface area contributed by atoms with Crippen LogP contribution in [0.15, 0.2) is 0 Å². The summed E-state index contributed by atoms with van der Waals surface area (Å²) in [6.45, 7) is 7.81. The second kappa shape index (κ2) is 5.07. The average molecular weight is 189 g/mol. The average Bonchev–Trinajstić information content (AvgIpc) is 1.97. The van der Waals surface area contributed by atoms with Gasteiger partial charge in [-0.1, -0.05) is 0 Å². The molecule has 0 aromatic heterocycles. The fourth-order valence-corrected chi connectivity index (χ4v) is 0.625. The minimum Gasteiger partial charge on any atom is -0.444 e. The lowest BCUT2D eigenvalue weighted by molar-refractivity contribution is 0.0472. The smallest absolute Gasteiger partial charge is 0.407 e. The lowest BCUT2D eigenvalue weighted by atomic mass is 10.2. The molecule has 0 radical (unpaired) electrons. The van der Waals surface area contributed by atoms with E-state index < -0.39 is 11.7 Å². The minimum absolute atomic E-state index is 0.00696. The van der Waals surface area contributed by atoms with E-state index in [2.05, 4.69) is 5.32 Å². The van der Waals surface area contributed by atoms with Gasteiger partial charge in [0.15, 0.2) is 0 Å². The van der Waals surface area contributed by atoms with Crippen molar-refractivity contribution in [3.8, 4) is 0 Å². The van der Waals surface area contributed by atoms with Crippen molar-refractivity contribution in [3.63, 3.8) is 0 Å². The molecule has 13 heavy (non-hydrogen) atoms. The largest absolute Gasteiger partial charge is 0.444 e. The summed E-state index contributed by atoms with van der Waals surface area (Å²) in [6.07, 6.45) is -0.399. The minimum atomic E-state index is -0.444. The van der Waals surface area contributed by atoms with Gasteiger partial charge in [0.2, 0.25) is 0 Å². The highest BCUT2D eigenvalue weighted by atomic mass is 16.6. The van der Waals surface area contributed by atoms with Crippen LogP contribution in [0.2, 0.25) is 0 Å². The summed E-state index contributed by atoms with van der Waals surface area (Å²) < 4.78 is 9.99. The molecule has 0 spiro atoms. The third kappa shape index (κ3) is 7.59. The molecule has 0 saturated carbocycles. The van der Waals surface area contributed by atoms with Gasteiger partial charge in [-0.25, -0.2) is 4.79 Å². The normalized spacial score (nSPS) is 13.6. The van der Waals surface area contributed by atoms with Gasteiger partial charge in [0.1, 0.15) is 5.60 Å². The summed E-state index contributed by atoms with van der Waals surface area (Å²) in [7, 11) is 1.60. The summed E-state index contributed by atoms with van der Waals surface area (Å²) in [6, 6.07) is 0. The van der Waals surface area contributed by atoms with E-state index in [9.17, 15) is 4.79 Å². The number of hydrogen-bond acceptors (Lipinski definition) is 3. The Morgan fingerprint density at radius 2 is 2.00 bits per heavy atom. The Kier molecular flexibility index (Phi) is 4.77. The van der Waals surface area contributed by atoms with E-state index >= 15 is 0 Å². The third-order valence-corrected chi connectivity index (χ3v) is 1.34. The van der Waals surface area contributed by atoms with Crippen molar-refractivity contribution in [2.75, 3.05) is 13.7 Å². The molecule has 0 aliphatic rings. The van der Waals surface area contributed by atoms with Gasteiger partial charge in [-0.05, 0) is 27.7 Å². The molecule has 4 heteroatoms. The number of nitrogens with one attached hydrogen (secondary N) is 1. The zero-order valence-corrected chi connectivity index (χ0v) is 9.01. The van der Waals surface area contributed by atoms with Crippen LogP contribution >= 0.6 is 0 Å². The Hall–Kier alpha value is -0.770. The second-order valence-corrected chi connectivity index (χ2v) is 3.93. The third-order valence-electron chi connectivity index (χ3n) is 1.34. The molecule has 1 N–H and O–H groups in total. The molecule has 0 fully saturated rings. The molecule has 78 valence electrons. The second-order valence-electron chi connectivity index (χ2n) is 3.93. The van der Waals surface area contributed by atoms with Gasteiger partial charge in [0.05, 0.1) is 6.10 Å². The maximum absolute atomic E-state index is 11.1. The van der Waals surface area contributed by atoms with Crippen molar-refractivity contribution in [1.82, 2.24) is 5.32 Å². The van der Waals surface area contributed by atoms with Crippen molar-refractivity contribution in [1.29, 1.82) is 0 Å². The van der Waals surface area contributed by atoms with Crippen molar-refractivity contribution in [2.45, 2.75) is 39.4 Å². The highest BCUT2D eigenvalue weighted by molar-refractivity contribution is 5.67. The molecule has 0 rings (SSSR count). The number of carbonyl (C=O) groups excluding carboxylic acids is 1. The molecule has 0 aromatic rings.